The van der Waals surface area contributed by atoms with Crippen molar-refractivity contribution in [2.45, 2.75) is 121 Å². The Labute approximate surface area is 441 Å². The highest BCUT2D eigenvalue weighted by molar-refractivity contribution is 7.90. The van der Waals surface area contributed by atoms with E-state index < -0.39 is 44.2 Å². The van der Waals surface area contributed by atoms with Crippen molar-refractivity contribution in [1.82, 2.24) is 44.1 Å². The zero-order valence-corrected chi connectivity index (χ0v) is 44.6. The van der Waals surface area contributed by atoms with E-state index in [0.29, 0.717) is 56.7 Å². The van der Waals surface area contributed by atoms with Gasteiger partial charge in [-0.3, -0.25) is 4.79 Å². The van der Waals surface area contributed by atoms with E-state index >= 15 is 0 Å². The molecule has 1 aliphatic heterocycles. The first-order valence-corrected chi connectivity index (χ1v) is 27.3. The first-order chi connectivity index (χ1) is 35.3. The Bertz CT molecular complexity index is 2890. The maximum absolute atomic E-state index is 13.3. The fourth-order valence-corrected chi connectivity index (χ4v) is 11.0. The van der Waals surface area contributed by atoms with Crippen LogP contribution in [0.4, 0.5) is 10.6 Å². The van der Waals surface area contributed by atoms with Gasteiger partial charge in [0.05, 0.1) is 50.2 Å². The highest BCUT2D eigenvalue weighted by Gasteiger charge is 2.43. The normalized spacial score (nSPS) is 18.9. The van der Waals surface area contributed by atoms with E-state index in [1.54, 1.807) is 52.3 Å². The van der Waals surface area contributed by atoms with Gasteiger partial charge in [0.2, 0.25) is 11.8 Å². The molecule has 74 heavy (non-hydrogen) atoms. The molecule has 2 saturated carbocycles. The molecule has 0 spiro atoms. The maximum Gasteiger partial charge on any atom is 0.410 e. The van der Waals surface area contributed by atoms with Gasteiger partial charge < -0.3 is 33.9 Å². The average molecular weight is 1080 g/mol. The third-order valence-corrected chi connectivity index (χ3v) is 15.2. The van der Waals surface area contributed by atoms with E-state index in [2.05, 4.69) is 30.5 Å². The van der Waals surface area contributed by atoms with Gasteiger partial charge in [-0.25, -0.2) is 38.6 Å². The smallest absolute Gasteiger partial charge is 0.410 e. The highest BCUT2D eigenvalue weighted by atomic mass is 35.5. The Morgan fingerprint density at radius 3 is 2.05 bits per heavy atom. The van der Waals surface area contributed by atoms with E-state index in [1.165, 1.54) is 54.6 Å². The fourth-order valence-electron chi connectivity index (χ4n) is 9.60. The van der Waals surface area contributed by atoms with Crippen LogP contribution < -0.4 is 19.5 Å². The molecule has 20 nitrogen and oxygen atoms in total. The number of aromatic nitrogens is 7. The van der Waals surface area contributed by atoms with Gasteiger partial charge in [0.1, 0.15) is 21.7 Å². The summed E-state index contributed by atoms with van der Waals surface area (Å²) in [4.78, 5) is 53.7. The minimum atomic E-state index is -4.43. The Hall–Kier alpha value is -6.03. The molecule has 0 bridgehead atoms. The molecule has 0 aromatic carbocycles. The lowest BCUT2D eigenvalue weighted by Gasteiger charge is -2.33. The summed E-state index contributed by atoms with van der Waals surface area (Å²) in [6.07, 6.45) is 13.1. The molecule has 23 heteroatoms. The van der Waals surface area contributed by atoms with Crippen LogP contribution in [0.1, 0.15) is 120 Å². The standard InChI is InChI=1S/C51H64Cl2N10O10S/c1-50(2,3)73-49(66)61-31-36(30-51(61,4)5)69-29-24-54-39-14-9-15-44(55-39)74(67,68)60-47(64)37-16-18-40(56-45(37)52)62-26-21-43(59-62)71-28-23-34-12-8-13-35(34)32-72-48(65)38-17-19-41(57-46(38)53)63-25-20-42(58-63)70-27-22-33-10-6-7-11-33/h9,14-21,25-26,33-36H,6-8,10-13,22-24,27-32H2,1-5H3,(H,54,55)(H,60,64). The highest BCUT2D eigenvalue weighted by Crippen LogP contribution is 2.36. The molecule has 2 aliphatic carbocycles. The Morgan fingerprint density at radius 1 is 0.770 bits per heavy atom. The van der Waals surface area contributed by atoms with Crippen LogP contribution in [0.3, 0.4) is 0 Å². The molecule has 3 unspecified atom stereocenters. The number of rotatable bonds is 21. The fraction of sp³-hybridized carbons (Fsp3) is 0.529. The number of carbonyl (C=O) groups is 3. The van der Waals surface area contributed by atoms with Crippen LogP contribution in [-0.2, 0) is 24.2 Å². The van der Waals surface area contributed by atoms with Crippen molar-refractivity contribution >= 4 is 57.0 Å². The van der Waals surface area contributed by atoms with Gasteiger partial charge in [0.15, 0.2) is 16.7 Å². The van der Waals surface area contributed by atoms with Gasteiger partial charge in [-0.15, -0.1) is 10.2 Å². The van der Waals surface area contributed by atoms with Gasteiger partial charge in [-0.1, -0.05) is 61.4 Å². The number of nitrogens with one attached hydrogen (secondary N) is 2. The average Bonchev–Trinajstić information content (AvgIpc) is 4.22. The number of carbonyl (C=O) groups excluding carboxylic acids is 3. The number of sulfonamides is 1. The van der Waals surface area contributed by atoms with Crippen LogP contribution in [0.25, 0.3) is 11.6 Å². The Balaban J connectivity index is 0.757. The predicted octanol–water partition coefficient (Wildman–Crippen LogP) is 8.89. The van der Waals surface area contributed by atoms with Gasteiger partial charge in [-0.2, -0.15) is 8.42 Å². The first-order valence-electron chi connectivity index (χ1n) is 25.1. The molecule has 398 valence electrons. The Kier molecular flexibility index (Phi) is 17.3. The van der Waals surface area contributed by atoms with E-state index in [4.69, 9.17) is 46.9 Å². The molecule has 3 fully saturated rings. The number of pyridine rings is 3. The molecular formula is C51H64Cl2N10O10S. The number of amides is 2. The van der Waals surface area contributed by atoms with E-state index in [1.807, 2.05) is 39.3 Å². The number of esters is 1. The van der Waals surface area contributed by atoms with Crippen molar-refractivity contribution in [3.05, 3.63) is 88.4 Å². The molecule has 5 aromatic rings. The predicted molar refractivity (Wildman–Crippen MR) is 275 cm³/mol. The van der Waals surface area contributed by atoms with Crippen molar-refractivity contribution < 1.29 is 46.5 Å². The summed E-state index contributed by atoms with van der Waals surface area (Å²) in [5, 5.41) is 11.3. The number of halogens is 2. The topological polar surface area (TPSA) is 233 Å². The van der Waals surface area contributed by atoms with Crippen LogP contribution in [-0.4, -0.2) is 123 Å². The molecule has 8 rings (SSSR count). The summed E-state index contributed by atoms with van der Waals surface area (Å²) in [6.45, 7) is 11.5. The minimum Gasteiger partial charge on any atom is -0.477 e. The van der Waals surface area contributed by atoms with Gasteiger partial charge >= 0.3 is 12.1 Å². The van der Waals surface area contributed by atoms with Crippen molar-refractivity contribution in [2.75, 3.05) is 44.8 Å². The summed E-state index contributed by atoms with van der Waals surface area (Å²) in [6, 6.07) is 13.9. The van der Waals surface area contributed by atoms with Crippen LogP contribution in [0, 0.1) is 17.8 Å². The molecular weight excluding hydrogens is 1020 g/mol. The van der Waals surface area contributed by atoms with Crippen molar-refractivity contribution in [1.29, 1.82) is 0 Å². The maximum atomic E-state index is 13.3. The van der Waals surface area contributed by atoms with Gasteiger partial charge in [-0.05, 0) is 121 Å². The molecule has 3 atom stereocenters. The molecule has 5 aromatic heterocycles. The zero-order chi connectivity index (χ0) is 52.6. The molecule has 2 amide bonds. The summed E-state index contributed by atoms with van der Waals surface area (Å²) in [5.41, 5.74) is -1.08. The van der Waals surface area contributed by atoms with Crippen LogP contribution >= 0.6 is 23.2 Å². The minimum absolute atomic E-state index is 0.0255. The lowest BCUT2D eigenvalue weighted by atomic mass is 9.94. The van der Waals surface area contributed by atoms with Crippen LogP contribution in [0.2, 0.25) is 10.3 Å². The summed E-state index contributed by atoms with van der Waals surface area (Å²) in [5.74, 6) is 1.40. The molecule has 6 heterocycles. The summed E-state index contributed by atoms with van der Waals surface area (Å²) in [7, 11) is -4.43. The van der Waals surface area contributed by atoms with Gasteiger partial charge in [0, 0.05) is 36.6 Å². The number of ether oxygens (including phenoxy) is 5. The molecule has 1 saturated heterocycles. The summed E-state index contributed by atoms with van der Waals surface area (Å²) < 4.78 is 60.8. The number of hydrogen-bond donors (Lipinski definition) is 2. The van der Waals surface area contributed by atoms with E-state index in [9.17, 15) is 22.8 Å². The third-order valence-electron chi connectivity index (χ3n) is 13.4. The largest absolute Gasteiger partial charge is 0.477 e. The van der Waals surface area contributed by atoms with Crippen LogP contribution in [0.15, 0.2) is 72.0 Å². The van der Waals surface area contributed by atoms with Gasteiger partial charge in [0.25, 0.3) is 15.9 Å². The lowest BCUT2D eigenvalue weighted by Crippen LogP contribution is -2.45. The number of nitrogens with zero attached hydrogens (tertiary/aromatic N) is 8. The zero-order valence-electron chi connectivity index (χ0n) is 42.3. The van der Waals surface area contributed by atoms with E-state index in [0.717, 1.165) is 31.6 Å². The quantitative estimate of drug-likeness (QED) is 0.0397. The first kappa shape index (κ1) is 54.2. The number of anilines is 1. The summed E-state index contributed by atoms with van der Waals surface area (Å²) >= 11 is 12.9. The van der Waals surface area contributed by atoms with Crippen molar-refractivity contribution in [3.63, 3.8) is 0 Å². The Morgan fingerprint density at radius 2 is 1.41 bits per heavy atom. The number of hydrogen-bond acceptors (Lipinski definition) is 16. The number of likely N-dealkylation sites (tertiary alicyclic amines) is 1. The second-order valence-electron chi connectivity index (χ2n) is 20.5. The van der Waals surface area contributed by atoms with E-state index in [-0.39, 0.29) is 64.2 Å². The van der Waals surface area contributed by atoms with Crippen LogP contribution in [0.5, 0.6) is 11.8 Å². The molecule has 2 N–H and O–H groups in total. The monoisotopic (exact) mass is 1080 g/mol. The second-order valence-corrected chi connectivity index (χ2v) is 22.9. The molecule has 3 aliphatic rings. The molecule has 0 radical (unpaired) electrons. The lowest BCUT2D eigenvalue weighted by molar-refractivity contribution is 0.0105. The SMILES string of the molecule is CC(C)(C)OC(=O)N1CC(OCCNc2cccc(S(=O)(=O)NC(=O)c3ccc(-n4ccc(OCCC5CCCC5COC(=O)c5ccc(-n6ccc(OCCC7CCCC7)n6)nc5Cl)n4)nc3Cl)n2)CC1(C)C. The third kappa shape index (κ3) is 14.2. The van der Waals surface area contributed by atoms with Crippen molar-refractivity contribution in [3.8, 4) is 23.4 Å². The van der Waals surface area contributed by atoms with Crippen molar-refractivity contribution in [2.24, 2.45) is 17.8 Å². The second kappa shape index (κ2) is 23.7.